The lowest BCUT2D eigenvalue weighted by Crippen LogP contribution is -2.41. The molecule has 2 aromatic carbocycles. The maximum Gasteiger partial charge on any atom is 0.251 e. The Labute approximate surface area is 183 Å². The van der Waals surface area contributed by atoms with Gasteiger partial charge in [0, 0.05) is 12.1 Å². The number of rotatable bonds is 10. The number of hydrogen-bond donors (Lipinski definition) is 2. The normalized spacial score (nSPS) is 14.6. The van der Waals surface area contributed by atoms with E-state index >= 15 is 0 Å². The largest absolute Gasteiger partial charge is 0.497 e. The predicted molar refractivity (Wildman–Crippen MR) is 119 cm³/mol. The smallest absolute Gasteiger partial charge is 0.251 e. The minimum Gasteiger partial charge on any atom is -0.497 e. The molecular weight excluding hydrogens is 394 g/mol. The number of carbonyl (C=O) groups excluding carboxylic acids is 2. The van der Waals surface area contributed by atoms with Crippen molar-refractivity contribution in [2.45, 2.75) is 25.8 Å². The summed E-state index contributed by atoms with van der Waals surface area (Å²) in [5, 5.41) is 5.65. The summed E-state index contributed by atoms with van der Waals surface area (Å²) in [5.74, 6) is 1.02. The highest BCUT2D eigenvalue weighted by molar-refractivity contribution is 5.96. The van der Waals surface area contributed by atoms with Gasteiger partial charge in [0.25, 0.3) is 5.91 Å². The second-order valence-electron chi connectivity index (χ2n) is 7.48. The Balaban J connectivity index is 1.52. The summed E-state index contributed by atoms with van der Waals surface area (Å²) in [6, 6.07) is 14.9. The highest BCUT2D eigenvalue weighted by Crippen LogP contribution is 2.26. The number of nitrogens with one attached hydrogen (secondary N) is 2. The quantitative estimate of drug-likeness (QED) is 0.612. The van der Waals surface area contributed by atoms with Crippen molar-refractivity contribution in [2.75, 3.05) is 39.9 Å². The van der Waals surface area contributed by atoms with Crippen LogP contribution < -0.4 is 20.1 Å². The van der Waals surface area contributed by atoms with E-state index in [1.807, 2.05) is 31.2 Å². The zero-order valence-electron chi connectivity index (χ0n) is 18.2. The number of hydrogen-bond acceptors (Lipinski definition) is 5. The van der Waals surface area contributed by atoms with E-state index in [2.05, 4.69) is 15.5 Å². The van der Waals surface area contributed by atoms with Crippen LogP contribution in [0.5, 0.6) is 11.5 Å². The van der Waals surface area contributed by atoms with Crippen LogP contribution in [-0.4, -0.2) is 56.6 Å². The fraction of sp³-hybridized carbons (Fsp3) is 0.417. The first kappa shape index (κ1) is 22.6. The van der Waals surface area contributed by atoms with Crippen LogP contribution in [-0.2, 0) is 4.79 Å². The number of likely N-dealkylation sites (tertiary alicyclic amines) is 1. The van der Waals surface area contributed by atoms with Crippen LogP contribution in [0, 0.1) is 0 Å². The third-order valence-corrected chi connectivity index (χ3v) is 5.41. The zero-order valence-corrected chi connectivity index (χ0v) is 18.2. The molecule has 0 aromatic heterocycles. The van der Waals surface area contributed by atoms with E-state index in [-0.39, 0.29) is 24.4 Å². The predicted octanol–water partition coefficient (Wildman–Crippen LogP) is 2.78. The lowest BCUT2D eigenvalue weighted by atomic mass is 10.1. The zero-order chi connectivity index (χ0) is 22.1. The first-order valence-corrected chi connectivity index (χ1v) is 10.8. The van der Waals surface area contributed by atoms with Crippen molar-refractivity contribution >= 4 is 11.8 Å². The van der Waals surface area contributed by atoms with Crippen LogP contribution in [0.1, 0.15) is 41.7 Å². The molecule has 0 saturated carbocycles. The molecule has 2 N–H and O–H groups in total. The molecule has 2 aromatic rings. The molecule has 2 amide bonds. The highest BCUT2D eigenvalue weighted by atomic mass is 16.5. The summed E-state index contributed by atoms with van der Waals surface area (Å²) in [6.45, 7) is 4.93. The molecule has 0 radical (unpaired) electrons. The van der Waals surface area contributed by atoms with Gasteiger partial charge in [-0.15, -0.1) is 0 Å². The van der Waals surface area contributed by atoms with E-state index in [1.54, 1.807) is 31.4 Å². The van der Waals surface area contributed by atoms with Gasteiger partial charge in [-0.25, -0.2) is 0 Å². The molecule has 31 heavy (non-hydrogen) atoms. The number of amides is 2. The Morgan fingerprint density at radius 3 is 2.23 bits per heavy atom. The molecule has 166 valence electrons. The monoisotopic (exact) mass is 425 g/mol. The Morgan fingerprint density at radius 2 is 1.61 bits per heavy atom. The first-order chi connectivity index (χ1) is 15.1. The molecular formula is C24H31N3O4. The molecule has 0 unspecified atom stereocenters. The third-order valence-electron chi connectivity index (χ3n) is 5.41. The minimum absolute atomic E-state index is 0.0681. The number of nitrogens with zero attached hydrogens (tertiary/aromatic N) is 1. The SMILES string of the molecule is CCOc1ccc(C(=O)NCC(=O)NC[C@@H](c2ccc(OC)cc2)N2CCCC2)cc1. The van der Waals surface area contributed by atoms with E-state index in [9.17, 15) is 9.59 Å². The lowest BCUT2D eigenvalue weighted by molar-refractivity contribution is -0.120. The fourth-order valence-electron chi connectivity index (χ4n) is 3.74. The summed E-state index contributed by atoms with van der Waals surface area (Å²) in [6.07, 6.45) is 2.33. The molecule has 3 rings (SSSR count). The van der Waals surface area contributed by atoms with E-state index in [4.69, 9.17) is 9.47 Å². The molecule has 1 fully saturated rings. The molecule has 0 bridgehead atoms. The Bertz CT molecular complexity index is 846. The number of benzene rings is 2. The maximum atomic E-state index is 12.4. The maximum absolute atomic E-state index is 12.4. The van der Waals surface area contributed by atoms with Crippen molar-refractivity contribution in [1.82, 2.24) is 15.5 Å². The fourth-order valence-corrected chi connectivity index (χ4v) is 3.74. The van der Waals surface area contributed by atoms with Gasteiger partial charge in [-0.2, -0.15) is 0 Å². The van der Waals surface area contributed by atoms with E-state index in [1.165, 1.54) is 12.8 Å². The summed E-state index contributed by atoms with van der Waals surface area (Å²) in [4.78, 5) is 27.1. The standard InChI is InChI=1S/C24H31N3O4/c1-3-31-21-12-8-19(9-13-21)24(29)26-17-23(28)25-16-22(27-14-4-5-15-27)18-6-10-20(30-2)11-7-18/h6-13,22H,3-5,14-17H2,1-2H3,(H,25,28)(H,26,29)/t22-/m0/s1. The van der Waals surface area contributed by atoms with Gasteiger partial charge >= 0.3 is 0 Å². The van der Waals surface area contributed by atoms with Crippen LogP contribution in [0.3, 0.4) is 0 Å². The summed E-state index contributed by atoms with van der Waals surface area (Å²) in [5.41, 5.74) is 1.63. The Kier molecular flexibility index (Phi) is 8.29. The number of carbonyl (C=O) groups is 2. The highest BCUT2D eigenvalue weighted by Gasteiger charge is 2.24. The molecule has 1 heterocycles. The third kappa shape index (κ3) is 6.46. The summed E-state index contributed by atoms with van der Waals surface area (Å²) in [7, 11) is 1.65. The Hall–Kier alpha value is -3.06. The minimum atomic E-state index is -0.288. The van der Waals surface area contributed by atoms with Gasteiger partial charge in [-0.1, -0.05) is 12.1 Å². The number of methoxy groups -OCH3 is 1. The average Bonchev–Trinajstić information content (AvgIpc) is 3.33. The van der Waals surface area contributed by atoms with Crippen LogP contribution in [0.15, 0.2) is 48.5 Å². The molecule has 1 aliphatic rings. The van der Waals surface area contributed by atoms with Crippen LogP contribution in [0.25, 0.3) is 0 Å². The van der Waals surface area contributed by atoms with Crippen LogP contribution in [0.2, 0.25) is 0 Å². The summed E-state index contributed by atoms with van der Waals surface area (Å²) >= 11 is 0. The second kappa shape index (κ2) is 11.4. The second-order valence-corrected chi connectivity index (χ2v) is 7.48. The van der Waals surface area contributed by atoms with E-state index in [0.29, 0.717) is 24.5 Å². The molecule has 1 atom stereocenters. The van der Waals surface area contributed by atoms with Gasteiger partial charge in [0.15, 0.2) is 0 Å². The average molecular weight is 426 g/mol. The van der Waals surface area contributed by atoms with Crippen LogP contribution in [0.4, 0.5) is 0 Å². The van der Waals surface area contributed by atoms with Gasteiger partial charge in [-0.3, -0.25) is 14.5 Å². The van der Waals surface area contributed by atoms with Crippen molar-refractivity contribution in [2.24, 2.45) is 0 Å². The molecule has 0 aliphatic carbocycles. The topological polar surface area (TPSA) is 79.9 Å². The number of ether oxygens (including phenoxy) is 2. The summed E-state index contributed by atoms with van der Waals surface area (Å²) < 4.78 is 10.6. The van der Waals surface area contributed by atoms with Gasteiger partial charge in [0.05, 0.1) is 26.3 Å². The van der Waals surface area contributed by atoms with Gasteiger partial charge in [0.2, 0.25) is 5.91 Å². The van der Waals surface area contributed by atoms with E-state index in [0.717, 1.165) is 24.4 Å². The van der Waals surface area contributed by atoms with Gasteiger partial charge in [-0.05, 0) is 74.8 Å². The van der Waals surface area contributed by atoms with E-state index < -0.39 is 0 Å². The van der Waals surface area contributed by atoms with Crippen molar-refractivity contribution in [1.29, 1.82) is 0 Å². The molecule has 7 heteroatoms. The molecule has 1 saturated heterocycles. The lowest BCUT2D eigenvalue weighted by Gasteiger charge is -2.28. The molecule has 0 spiro atoms. The van der Waals surface area contributed by atoms with Crippen LogP contribution >= 0.6 is 0 Å². The Morgan fingerprint density at radius 1 is 0.968 bits per heavy atom. The molecule has 1 aliphatic heterocycles. The van der Waals surface area contributed by atoms with Crippen molar-refractivity contribution in [3.63, 3.8) is 0 Å². The van der Waals surface area contributed by atoms with Crippen molar-refractivity contribution in [3.05, 3.63) is 59.7 Å². The van der Waals surface area contributed by atoms with Gasteiger partial charge in [0.1, 0.15) is 11.5 Å². The van der Waals surface area contributed by atoms with Crippen molar-refractivity contribution < 1.29 is 19.1 Å². The first-order valence-electron chi connectivity index (χ1n) is 10.8. The van der Waals surface area contributed by atoms with Crippen molar-refractivity contribution in [3.8, 4) is 11.5 Å². The van der Waals surface area contributed by atoms with Gasteiger partial charge < -0.3 is 20.1 Å². The molecule has 7 nitrogen and oxygen atoms in total.